The van der Waals surface area contributed by atoms with Crippen LogP contribution in [0, 0.1) is 5.92 Å². The average Bonchev–Trinajstić information content (AvgIpc) is 3.19. The lowest BCUT2D eigenvalue weighted by Gasteiger charge is -2.23. The molecule has 21 heavy (non-hydrogen) atoms. The van der Waals surface area contributed by atoms with Crippen molar-refractivity contribution < 1.29 is 4.79 Å². The number of H-pyrrole nitrogens is 1. The van der Waals surface area contributed by atoms with Crippen LogP contribution in [0.15, 0.2) is 22.7 Å². The Balaban J connectivity index is 1.54. The number of carbonyl (C=O) groups excluding carboxylic acids is 1. The molecule has 0 aliphatic heterocycles. The third-order valence-electron chi connectivity index (χ3n) is 4.69. The van der Waals surface area contributed by atoms with Crippen molar-refractivity contribution in [3.63, 3.8) is 0 Å². The first-order valence-electron chi connectivity index (χ1n) is 7.77. The van der Waals surface area contributed by atoms with Gasteiger partial charge in [-0.1, -0.05) is 15.9 Å². The number of hydrogen-bond donors (Lipinski definition) is 2. The van der Waals surface area contributed by atoms with Gasteiger partial charge in [-0.2, -0.15) is 0 Å². The predicted molar refractivity (Wildman–Crippen MR) is 87.3 cm³/mol. The van der Waals surface area contributed by atoms with Crippen LogP contribution in [0.4, 0.5) is 0 Å². The molecule has 1 saturated carbocycles. The number of aromatic amines is 1. The SMILES string of the molecule is O=C(CC1CC1)NC1CCc2[nH]c3ccc(Br)cc3c2C1. The summed E-state index contributed by atoms with van der Waals surface area (Å²) >= 11 is 3.55. The summed E-state index contributed by atoms with van der Waals surface area (Å²) in [6.07, 6.45) is 6.20. The lowest BCUT2D eigenvalue weighted by atomic mass is 9.91. The second-order valence-electron chi connectivity index (χ2n) is 6.43. The molecule has 0 bridgehead atoms. The Bertz CT molecular complexity index is 702. The van der Waals surface area contributed by atoms with Crippen LogP contribution >= 0.6 is 15.9 Å². The summed E-state index contributed by atoms with van der Waals surface area (Å²) in [6, 6.07) is 6.66. The number of amides is 1. The van der Waals surface area contributed by atoms with Crippen LogP contribution in [0.25, 0.3) is 10.9 Å². The second-order valence-corrected chi connectivity index (χ2v) is 7.34. The minimum absolute atomic E-state index is 0.243. The maximum absolute atomic E-state index is 12.0. The van der Waals surface area contributed by atoms with Crippen molar-refractivity contribution in [2.24, 2.45) is 5.92 Å². The van der Waals surface area contributed by atoms with Crippen molar-refractivity contribution in [1.29, 1.82) is 0 Å². The third kappa shape index (κ3) is 2.73. The van der Waals surface area contributed by atoms with Gasteiger partial charge in [0.25, 0.3) is 0 Å². The lowest BCUT2D eigenvalue weighted by molar-refractivity contribution is -0.122. The average molecular weight is 347 g/mol. The van der Waals surface area contributed by atoms with E-state index in [0.29, 0.717) is 12.0 Å². The van der Waals surface area contributed by atoms with Crippen molar-refractivity contribution >= 4 is 32.7 Å². The summed E-state index contributed by atoms with van der Waals surface area (Å²) in [4.78, 5) is 15.5. The number of fused-ring (bicyclic) bond motifs is 3. The summed E-state index contributed by atoms with van der Waals surface area (Å²) in [6.45, 7) is 0. The standard InChI is InChI=1S/C17H19BrN2O/c18-11-3-5-15-13(8-11)14-9-12(4-6-16(14)20-15)19-17(21)7-10-1-2-10/h3,5,8,10,12,20H,1-2,4,6-7,9H2,(H,19,21). The number of carbonyl (C=O) groups is 1. The van der Waals surface area contributed by atoms with Gasteiger partial charge in [0.2, 0.25) is 5.91 Å². The Morgan fingerprint density at radius 2 is 2.19 bits per heavy atom. The zero-order chi connectivity index (χ0) is 14.4. The highest BCUT2D eigenvalue weighted by Crippen LogP contribution is 2.33. The molecule has 3 nitrogen and oxygen atoms in total. The zero-order valence-electron chi connectivity index (χ0n) is 11.9. The van der Waals surface area contributed by atoms with E-state index in [1.54, 1.807) is 0 Å². The minimum atomic E-state index is 0.243. The first-order chi connectivity index (χ1) is 10.2. The van der Waals surface area contributed by atoms with E-state index in [1.165, 1.54) is 35.0 Å². The van der Waals surface area contributed by atoms with Crippen LogP contribution in [-0.4, -0.2) is 16.9 Å². The Labute approximate surface area is 132 Å². The fourth-order valence-electron chi connectivity index (χ4n) is 3.38. The van der Waals surface area contributed by atoms with Gasteiger partial charge < -0.3 is 10.3 Å². The Kier molecular flexibility index (Phi) is 3.29. The number of benzene rings is 1. The van der Waals surface area contributed by atoms with E-state index >= 15 is 0 Å². The molecule has 1 aromatic heterocycles. The van der Waals surface area contributed by atoms with Crippen LogP contribution in [0.1, 0.15) is 36.9 Å². The van der Waals surface area contributed by atoms with Crippen LogP contribution in [-0.2, 0) is 17.6 Å². The van der Waals surface area contributed by atoms with Gasteiger partial charge in [-0.25, -0.2) is 0 Å². The highest BCUT2D eigenvalue weighted by molar-refractivity contribution is 9.10. The topological polar surface area (TPSA) is 44.9 Å². The normalized spacial score (nSPS) is 21.3. The van der Waals surface area contributed by atoms with Crippen molar-refractivity contribution in [3.05, 3.63) is 33.9 Å². The molecule has 1 unspecified atom stereocenters. The fraction of sp³-hybridized carbons (Fsp3) is 0.471. The van der Waals surface area contributed by atoms with Crippen molar-refractivity contribution in [2.45, 2.75) is 44.6 Å². The molecule has 2 N–H and O–H groups in total. The maximum atomic E-state index is 12.0. The number of hydrogen-bond acceptors (Lipinski definition) is 1. The number of aryl methyl sites for hydroxylation is 1. The molecule has 1 fully saturated rings. The van der Waals surface area contributed by atoms with Gasteiger partial charge in [0.15, 0.2) is 0 Å². The van der Waals surface area contributed by atoms with E-state index in [4.69, 9.17) is 0 Å². The summed E-state index contributed by atoms with van der Waals surface area (Å²) in [7, 11) is 0. The molecule has 2 aliphatic rings. The summed E-state index contributed by atoms with van der Waals surface area (Å²) in [5.41, 5.74) is 3.93. The van der Waals surface area contributed by atoms with E-state index in [0.717, 1.165) is 30.2 Å². The minimum Gasteiger partial charge on any atom is -0.358 e. The summed E-state index contributed by atoms with van der Waals surface area (Å²) in [5, 5.41) is 4.53. The fourth-order valence-corrected chi connectivity index (χ4v) is 3.74. The molecule has 2 aromatic rings. The van der Waals surface area contributed by atoms with Gasteiger partial charge in [0.05, 0.1) is 0 Å². The monoisotopic (exact) mass is 346 g/mol. The Morgan fingerprint density at radius 3 is 3.00 bits per heavy atom. The van der Waals surface area contributed by atoms with Crippen LogP contribution in [0.5, 0.6) is 0 Å². The molecule has 4 heteroatoms. The molecule has 0 spiro atoms. The largest absolute Gasteiger partial charge is 0.358 e. The molecule has 1 amide bonds. The Hall–Kier alpha value is -1.29. The maximum Gasteiger partial charge on any atom is 0.220 e. The number of aromatic nitrogens is 1. The van der Waals surface area contributed by atoms with E-state index in [1.807, 2.05) is 0 Å². The molecular formula is C17H19BrN2O. The van der Waals surface area contributed by atoms with Crippen molar-refractivity contribution in [1.82, 2.24) is 10.3 Å². The predicted octanol–water partition coefficient (Wildman–Crippen LogP) is 3.70. The third-order valence-corrected chi connectivity index (χ3v) is 5.18. The van der Waals surface area contributed by atoms with E-state index in [2.05, 4.69) is 44.4 Å². The highest BCUT2D eigenvalue weighted by Gasteiger charge is 2.27. The molecule has 110 valence electrons. The lowest BCUT2D eigenvalue weighted by Crippen LogP contribution is -2.38. The molecule has 1 atom stereocenters. The number of halogens is 1. The van der Waals surface area contributed by atoms with Crippen LogP contribution in [0.2, 0.25) is 0 Å². The molecule has 1 aromatic carbocycles. The Morgan fingerprint density at radius 1 is 1.33 bits per heavy atom. The van der Waals surface area contributed by atoms with Gasteiger partial charge >= 0.3 is 0 Å². The molecule has 0 saturated heterocycles. The van der Waals surface area contributed by atoms with Gasteiger partial charge in [0, 0.05) is 33.5 Å². The highest BCUT2D eigenvalue weighted by atomic mass is 79.9. The first-order valence-corrected chi connectivity index (χ1v) is 8.56. The van der Waals surface area contributed by atoms with Gasteiger partial charge in [0.1, 0.15) is 0 Å². The molecule has 4 rings (SSSR count). The van der Waals surface area contributed by atoms with Gasteiger partial charge in [-0.15, -0.1) is 0 Å². The van der Waals surface area contributed by atoms with Crippen LogP contribution < -0.4 is 5.32 Å². The number of rotatable bonds is 3. The second kappa shape index (κ2) is 5.16. The zero-order valence-corrected chi connectivity index (χ0v) is 13.5. The quantitative estimate of drug-likeness (QED) is 0.874. The number of nitrogens with one attached hydrogen (secondary N) is 2. The van der Waals surface area contributed by atoms with Crippen LogP contribution in [0.3, 0.4) is 0 Å². The molecule has 0 radical (unpaired) electrons. The molecule has 2 aliphatic carbocycles. The van der Waals surface area contributed by atoms with Gasteiger partial charge in [-0.3, -0.25) is 4.79 Å². The molecular weight excluding hydrogens is 328 g/mol. The summed E-state index contributed by atoms with van der Waals surface area (Å²) in [5.74, 6) is 0.903. The van der Waals surface area contributed by atoms with Crippen molar-refractivity contribution in [2.75, 3.05) is 0 Å². The van der Waals surface area contributed by atoms with E-state index < -0.39 is 0 Å². The first kappa shape index (κ1) is 13.4. The van der Waals surface area contributed by atoms with Crippen molar-refractivity contribution in [3.8, 4) is 0 Å². The smallest absolute Gasteiger partial charge is 0.220 e. The van der Waals surface area contributed by atoms with E-state index in [9.17, 15) is 4.79 Å². The summed E-state index contributed by atoms with van der Waals surface area (Å²) < 4.78 is 1.11. The van der Waals surface area contributed by atoms with E-state index in [-0.39, 0.29) is 5.91 Å². The van der Waals surface area contributed by atoms with Gasteiger partial charge in [-0.05, 0) is 61.8 Å². The molecule has 1 heterocycles.